The van der Waals surface area contributed by atoms with Gasteiger partial charge in [-0.3, -0.25) is 9.78 Å². The van der Waals surface area contributed by atoms with Crippen molar-refractivity contribution in [2.24, 2.45) is 0 Å². The molecule has 160 valence electrons. The molecule has 0 saturated carbocycles. The Morgan fingerprint density at radius 2 is 1.75 bits per heavy atom. The Bertz CT molecular complexity index is 1330. The first-order chi connectivity index (χ1) is 15.4. The molecule has 32 heavy (non-hydrogen) atoms. The molecule has 1 saturated heterocycles. The molecule has 2 heterocycles. The molecule has 1 unspecified atom stereocenters. The summed E-state index contributed by atoms with van der Waals surface area (Å²) in [6.45, 7) is -0.239. The summed E-state index contributed by atoms with van der Waals surface area (Å²) in [5.74, 6) is -1.51. The predicted octanol–water partition coefficient (Wildman–Crippen LogP) is 3.53. The molecule has 1 aliphatic heterocycles. The van der Waals surface area contributed by atoms with Crippen molar-refractivity contribution in [1.82, 2.24) is 9.29 Å². The molecule has 0 radical (unpaired) electrons. The third-order valence-electron chi connectivity index (χ3n) is 5.33. The second kappa shape index (κ2) is 8.83. The van der Waals surface area contributed by atoms with Gasteiger partial charge in [-0.05, 0) is 54.1 Å². The molecule has 0 N–H and O–H groups in total. The van der Waals surface area contributed by atoms with Crippen LogP contribution in [-0.4, -0.2) is 36.6 Å². The SMILES string of the molecule is N#Cc1ccc(S(=O)(=O)N2CC(=Cc3ccccc3F)C(=O)C(c3ccncc3)C2)cc1. The van der Waals surface area contributed by atoms with Crippen molar-refractivity contribution in [3.8, 4) is 6.07 Å². The van der Waals surface area contributed by atoms with Crippen LogP contribution in [0, 0.1) is 17.1 Å². The molecular formula is C24H18FN3O3S. The van der Waals surface area contributed by atoms with Gasteiger partial charge in [-0.25, -0.2) is 12.8 Å². The van der Waals surface area contributed by atoms with E-state index >= 15 is 0 Å². The molecule has 1 aliphatic rings. The van der Waals surface area contributed by atoms with E-state index in [0.29, 0.717) is 11.1 Å². The summed E-state index contributed by atoms with van der Waals surface area (Å²) in [6.07, 6.45) is 4.49. The monoisotopic (exact) mass is 447 g/mol. The molecule has 1 fully saturated rings. The van der Waals surface area contributed by atoms with Gasteiger partial charge in [0.25, 0.3) is 0 Å². The molecule has 4 rings (SSSR count). The molecule has 0 amide bonds. The van der Waals surface area contributed by atoms with Gasteiger partial charge in [0.05, 0.1) is 22.4 Å². The number of rotatable bonds is 4. The van der Waals surface area contributed by atoms with Crippen LogP contribution in [0.5, 0.6) is 0 Å². The Labute approximate surface area is 185 Å². The van der Waals surface area contributed by atoms with Gasteiger partial charge < -0.3 is 0 Å². The summed E-state index contributed by atoms with van der Waals surface area (Å²) in [6, 6.07) is 16.9. The maximum absolute atomic E-state index is 14.2. The van der Waals surface area contributed by atoms with E-state index in [-0.39, 0.29) is 34.9 Å². The summed E-state index contributed by atoms with van der Waals surface area (Å²) in [5, 5.41) is 8.98. The van der Waals surface area contributed by atoms with Crippen molar-refractivity contribution in [3.63, 3.8) is 0 Å². The van der Waals surface area contributed by atoms with Gasteiger partial charge >= 0.3 is 0 Å². The van der Waals surface area contributed by atoms with E-state index in [2.05, 4.69) is 4.98 Å². The molecule has 1 aromatic heterocycles. The fourth-order valence-electron chi connectivity index (χ4n) is 3.63. The molecule has 0 aliphatic carbocycles. The number of ketones is 1. The summed E-state index contributed by atoms with van der Waals surface area (Å²) in [5.41, 5.74) is 1.37. The summed E-state index contributed by atoms with van der Waals surface area (Å²) < 4.78 is 42.2. The number of nitriles is 1. The Morgan fingerprint density at radius 3 is 2.41 bits per heavy atom. The number of hydrogen-bond donors (Lipinski definition) is 0. The zero-order chi connectivity index (χ0) is 22.7. The lowest BCUT2D eigenvalue weighted by Gasteiger charge is -2.33. The van der Waals surface area contributed by atoms with Crippen molar-refractivity contribution in [3.05, 3.63) is 101 Å². The van der Waals surface area contributed by atoms with Crippen molar-refractivity contribution in [2.75, 3.05) is 13.1 Å². The highest BCUT2D eigenvalue weighted by molar-refractivity contribution is 7.89. The van der Waals surface area contributed by atoms with E-state index in [1.165, 1.54) is 59.2 Å². The second-order valence-corrected chi connectivity index (χ2v) is 9.26. The minimum atomic E-state index is -3.97. The fourth-order valence-corrected chi connectivity index (χ4v) is 5.06. The van der Waals surface area contributed by atoms with Crippen molar-refractivity contribution >= 4 is 21.9 Å². The maximum Gasteiger partial charge on any atom is 0.243 e. The van der Waals surface area contributed by atoms with Gasteiger partial charge in [-0.1, -0.05) is 18.2 Å². The lowest BCUT2D eigenvalue weighted by molar-refractivity contribution is -0.118. The highest BCUT2D eigenvalue weighted by Gasteiger charge is 2.38. The number of hydrogen-bond acceptors (Lipinski definition) is 5. The number of carbonyl (C=O) groups is 1. The van der Waals surface area contributed by atoms with Crippen LogP contribution in [-0.2, 0) is 14.8 Å². The number of aromatic nitrogens is 1. The van der Waals surface area contributed by atoms with E-state index in [9.17, 15) is 17.6 Å². The Balaban J connectivity index is 1.78. The molecule has 3 aromatic rings. The maximum atomic E-state index is 14.2. The summed E-state index contributed by atoms with van der Waals surface area (Å²) in [7, 11) is -3.97. The number of carbonyl (C=O) groups excluding carboxylic acids is 1. The van der Waals surface area contributed by atoms with Gasteiger partial charge in [0.2, 0.25) is 10.0 Å². The molecule has 6 nitrogen and oxygen atoms in total. The van der Waals surface area contributed by atoms with Crippen LogP contribution in [0.25, 0.3) is 6.08 Å². The summed E-state index contributed by atoms with van der Waals surface area (Å²) in [4.78, 5) is 17.2. The van der Waals surface area contributed by atoms with E-state index in [4.69, 9.17) is 5.26 Å². The number of nitrogens with zero attached hydrogens (tertiary/aromatic N) is 3. The normalized spacial score (nSPS) is 18.4. The predicted molar refractivity (Wildman–Crippen MR) is 116 cm³/mol. The average Bonchev–Trinajstić information content (AvgIpc) is 2.82. The molecule has 8 heteroatoms. The Hall–Kier alpha value is -3.67. The van der Waals surface area contributed by atoms with E-state index < -0.39 is 21.8 Å². The second-order valence-electron chi connectivity index (χ2n) is 7.32. The minimum Gasteiger partial charge on any atom is -0.294 e. The molecule has 1 atom stereocenters. The highest BCUT2D eigenvalue weighted by Crippen LogP contribution is 2.31. The van der Waals surface area contributed by atoms with Crippen LogP contribution < -0.4 is 0 Å². The standard InChI is InChI=1S/C24H18FN3O3S/c25-23-4-2-1-3-19(23)13-20-15-28(16-22(24(20)29)18-9-11-27-12-10-18)32(30,31)21-7-5-17(14-26)6-8-21/h1-13,22H,15-16H2. The summed E-state index contributed by atoms with van der Waals surface area (Å²) >= 11 is 0. The minimum absolute atomic E-state index is 0.0181. The van der Waals surface area contributed by atoms with Crippen molar-refractivity contribution in [2.45, 2.75) is 10.8 Å². The molecule has 2 aromatic carbocycles. The third-order valence-corrected chi connectivity index (χ3v) is 7.16. The fraction of sp³-hybridized carbons (Fsp3) is 0.125. The number of piperidine rings is 1. The van der Waals surface area contributed by atoms with Crippen LogP contribution >= 0.6 is 0 Å². The smallest absolute Gasteiger partial charge is 0.243 e. The molecular weight excluding hydrogens is 429 g/mol. The van der Waals surface area contributed by atoms with Crippen LogP contribution in [0.2, 0.25) is 0 Å². The average molecular weight is 447 g/mol. The zero-order valence-corrected chi connectivity index (χ0v) is 17.7. The van der Waals surface area contributed by atoms with Gasteiger partial charge in [-0.15, -0.1) is 0 Å². The van der Waals surface area contributed by atoms with E-state index in [1.54, 1.807) is 24.3 Å². The van der Waals surface area contributed by atoms with Crippen LogP contribution in [0.3, 0.4) is 0 Å². The molecule has 0 spiro atoms. The first-order valence-electron chi connectivity index (χ1n) is 9.79. The number of benzene rings is 2. The van der Waals surface area contributed by atoms with Crippen molar-refractivity contribution < 1.29 is 17.6 Å². The van der Waals surface area contributed by atoms with Crippen LogP contribution in [0.15, 0.2) is 83.5 Å². The van der Waals surface area contributed by atoms with Crippen LogP contribution in [0.1, 0.15) is 22.6 Å². The first-order valence-corrected chi connectivity index (χ1v) is 11.2. The molecule has 0 bridgehead atoms. The van der Waals surface area contributed by atoms with Gasteiger partial charge in [0.15, 0.2) is 5.78 Å². The Morgan fingerprint density at radius 1 is 1.06 bits per heavy atom. The van der Waals surface area contributed by atoms with Gasteiger partial charge in [0.1, 0.15) is 5.82 Å². The van der Waals surface area contributed by atoms with Gasteiger partial charge in [0, 0.05) is 36.6 Å². The number of Topliss-reactive ketones (excluding diaryl/α,β-unsaturated/α-hetero) is 1. The Kier molecular flexibility index (Phi) is 5.95. The lowest BCUT2D eigenvalue weighted by Crippen LogP contribution is -2.44. The number of pyridine rings is 1. The van der Waals surface area contributed by atoms with E-state index in [1.807, 2.05) is 6.07 Å². The van der Waals surface area contributed by atoms with Crippen LogP contribution in [0.4, 0.5) is 4.39 Å². The van der Waals surface area contributed by atoms with Crippen molar-refractivity contribution in [1.29, 1.82) is 5.26 Å². The first kappa shape index (κ1) is 21.6. The quantitative estimate of drug-likeness (QED) is 0.571. The zero-order valence-electron chi connectivity index (χ0n) is 16.8. The topological polar surface area (TPSA) is 91.1 Å². The number of halogens is 1. The van der Waals surface area contributed by atoms with Gasteiger partial charge in [-0.2, -0.15) is 9.57 Å². The largest absolute Gasteiger partial charge is 0.294 e. The third kappa shape index (κ3) is 4.21. The number of sulfonamides is 1. The lowest BCUT2D eigenvalue weighted by atomic mass is 9.87. The highest BCUT2D eigenvalue weighted by atomic mass is 32.2. The van der Waals surface area contributed by atoms with E-state index in [0.717, 1.165) is 0 Å².